The minimum atomic E-state index is -1.99. The van der Waals surface area contributed by atoms with Gasteiger partial charge < -0.3 is 45.4 Å². The second-order valence-corrected chi connectivity index (χ2v) is 16.3. The molecule has 2 aliphatic rings. The van der Waals surface area contributed by atoms with Crippen LogP contribution in [0.5, 0.6) is 0 Å². The number of hydrogen-bond acceptors (Lipinski definition) is 10. The molecule has 64 heavy (non-hydrogen) atoms. The summed E-state index contributed by atoms with van der Waals surface area (Å²) >= 11 is 0. The highest BCUT2D eigenvalue weighted by Gasteiger charge is 2.40. The lowest BCUT2D eigenvalue weighted by Crippen LogP contribution is -2.50. The normalized spacial score (nSPS) is 17.5. The van der Waals surface area contributed by atoms with Crippen molar-refractivity contribution in [2.45, 2.75) is 82.3 Å². The van der Waals surface area contributed by atoms with E-state index in [1.165, 1.54) is 9.80 Å². The summed E-state index contributed by atoms with van der Waals surface area (Å²) in [6.45, 7) is 4.15. The van der Waals surface area contributed by atoms with Crippen LogP contribution in [0.2, 0.25) is 0 Å². The minimum absolute atomic E-state index is 0.146. The molecule has 4 heterocycles. The van der Waals surface area contributed by atoms with Gasteiger partial charge in [0.15, 0.2) is 24.4 Å². The Kier molecular flexibility index (Phi) is 12.8. The average molecular weight is 867 g/mol. The molecule has 2 aliphatic heterocycles. The molecule has 330 valence electrons. The Morgan fingerprint density at radius 1 is 0.672 bits per heavy atom. The van der Waals surface area contributed by atoms with E-state index in [2.05, 4.69) is 20.7 Å². The number of benzene rings is 4. The molecule has 16 heteroatoms. The molecular formula is C48H50N8O8. The van der Waals surface area contributed by atoms with Gasteiger partial charge in [-0.25, -0.2) is 9.67 Å². The van der Waals surface area contributed by atoms with E-state index in [4.69, 9.17) is 0 Å². The lowest BCUT2D eigenvalue weighted by molar-refractivity contribution is -0.154. The van der Waals surface area contributed by atoms with E-state index in [-0.39, 0.29) is 13.1 Å². The molecule has 0 saturated carbocycles. The fourth-order valence-corrected chi connectivity index (χ4v) is 8.47. The lowest BCUT2D eigenvalue weighted by Gasteiger charge is -2.29. The molecule has 16 nitrogen and oxygen atoms in total. The molecule has 8 rings (SSSR count). The Balaban J connectivity index is 0.858. The molecule has 7 atom stereocenters. The number of nitrogens with zero attached hydrogens (tertiary/aromatic N) is 6. The van der Waals surface area contributed by atoms with Crippen LogP contribution in [0.4, 0.5) is 0 Å². The maximum Gasteiger partial charge on any atom is 0.255 e. The van der Waals surface area contributed by atoms with Crippen molar-refractivity contribution >= 4 is 23.6 Å². The zero-order valence-corrected chi connectivity index (χ0v) is 35.3. The van der Waals surface area contributed by atoms with Crippen molar-refractivity contribution in [1.29, 1.82) is 0 Å². The summed E-state index contributed by atoms with van der Waals surface area (Å²) in [6.07, 6.45) is 1.98. The summed E-state index contributed by atoms with van der Waals surface area (Å²) in [5.41, 5.74) is 7.47. The number of rotatable bonds is 14. The maximum absolute atomic E-state index is 13.6. The van der Waals surface area contributed by atoms with Crippen LogP contribution in [0.1, 0.15) is 72.6 Å². The van der Waals surface area contributed by atoms with Gasteiger partial charge in [0, 0.05) is 50.1 Å². The van der Waals surface area contributed by atoms with Crippen molar-refractivity contribution in [1.82, 2.24) is 39.8 Å². The first-order chi connectivity index (χ1) is 30.9. The molecule has 0 unspecified atom stereocenters. The molecular weight excluding hydrogens is 817 g/mol. The second kappa shape index (κ2) is 18.8. The molecule has 1 fully saturated rings. The number of nitrogens with one attached hydrogen (secondary N) is 2. The summed E-state index contributed by atoms with van der Waals surface area (Å²) < 4.78 is 3.54. The van der Waals surface area contributed by atoms with Crippen molar-refractivity contribution < 1.29 is 39.6 Å². The van der Waals surface area contributed by atoms with Crippen LogP contribution in [0.25, 0.3) is 22.5 Å². The van der Waals surface area contributed by atoms with Crippen LogP contribution in [-0.4, -0.2) is 104 Å². The van der Waals surface area contributed by atoms with Crippen LogP contribution in [0.15, 0.2) is 128 Å². The summed E-state index contributed by atoms with van der Waals surface area (Å²) in [5, 5.41) is 53.1. The van der Waals surface area contributed by atoms with Crippen LogP contribution in [0.3, 0.4) is 0 Å². The van der Waals surface area contributed by atoms with Crippen molar-refractivity contribution in [3.8, 4) is 22.5 Å². The smallest absolute Gasteiger partial charge is 0.255 e. The van der Waals surface area contributed by atoms with Crippen LogP contribution in [0, 0.1) is 0 Å². The number of aliphatic hydroxyl groups is 4. The van der Waals surface area contributed by atoms with Crippen LogP contribution < -0.4 is 10.6 Å². The van der Waals surface area contributed by atoms with Crippen molar-refractivity contribution in [3.05, 3.63) is 156 Å². The molecule has 6 aromatic rings. The summed E-state index contributed by atoms with van der Waals surface area (Å²) in [6, 6.07) is 28.4. The number of aromatic nitrogens is 4. The van der Waals surface area contributed by atoms with E-state index in [1.54, 1.807) is 37.3 Å². The predicted molar refractivity (Wildman–Crippen MR) is 234 cm³/mol. The SMILES string of the molecule is C[C@H](NC(=O)[C@H](O)[C@@H](O)C(=O)N1Cc2cccc(-c3ccc([C@H]4CCCN4C(=O)[C@H](O)[C@@H](O)C(=O)N[C@@H](C)c4ccc(-n5cccn5)cc4)cc3)c2C1)c1ccc(-n2ccnc2)cc1. The van der Waals surface area contributed by atoms with Crippen LogP contribution >= 0.6 is 0 Å². The first-order valence-electron chi connectivity index (χ1n) is 21.2. The molecule has 4 amide bonds. The summed E-state index contributed by atoms with van der Waals surface area (Å²) in [7, 11) is 0. The molecule has 0 spiro atoms. The Morgan fingerprint density at radius 3 is 1.89 bits per heavy atom. The Morgan fingerprint density at radius 2 is 1.30 bits per heavy atom. The number of hydrogen-bond donors (Lipinski definition) is 6. The van der Waals surface area contributed by atoms with Gasteiger partial charge in [0.05, 0.1) is 30.1 Å². The van der Waals surface area contributed by atoms with E-state index < -0.39 is 66.2 Å². The summed E-state index contributed by atoms with van der Waals surface area (Å²) in [5.74, 6) is -3.27. The molecule has 2 aromatic heterocycles. The van der Waals surface area contributed by atoms with Gasteiger partial charge in [-0.3, -0.25) is 19.2 Å². The van der Waals surface area contributed by atoms with E-state index >= 15 is 0 Å². The average Bonchev–Trinajstić information content (AvgIpc) is 4.18. The maximum atomic E-state index is 13.6. The lowest BCUT2D eigenvalue weighted by atomic mass is 9.95. The first kappa shape index (κ1) is 43.7. The quantitative estimate of drug-likeness (QED) is 0.0939. The third kappa shape index (κ3) is 9.07. The van der Waals surface area contributed by atoms with Gasteiger partial charge in [-0.05, 0) is 96.0 Å². The molecule has 0 radical (unpaired) electrons. The van der Waals surface area contributed by atoms with Gasteiger partial charge in [-0.15, -0.1) is 0 Å². The zero-order chi connectivity index (χ0) is 45.1. The van der Waals surface area contributed by atoms with Crippen molar-refractivity contribution in [2.24, 2.45) is 0 Å². The van der Waals surface area contributed by atoms with Crippen molar-refractivity contribution in [2.75, 3.05) is 6.54 Å². The third-order valence-corrected chi connectivity index (χ3v) is 12.2. The number of fused-ring (bicyclic) bond motifs is 1. The largest absolute Gasteiger partial charge is 0.380 e. The van der Waals surface area contributed by atoms with Crippen molar-refractivity contribution in [3.63, 3.8) is 0 Å². The monoisotopic (exact) mass is 866 g/mol. The molecule has 0 aliphatic carbocycles. The predicted octanol–water partition coefficient (Wildman–Crippen LogP) is 3.43. The molecule has 6 N–H and O–H groups in total. The number of carbonyl (C=O) groups is 4. The number of likely N-dealkylation sites (tertiary alicyclic amines) is 1. The third-order valence-electron chi connectivity index (χ3n) is 12.2. The number of aliphatic hydroxyl groups excluding tert-OH is 4. The van der Waals surface area contributed by atoms with Gasteiger partial charge in [0.1, 0.15) is 0 Å². The topological polar surface area (TPSA) is 215 Å². The van der Waals surface area contributed by atoms with Crippen LogP contribution in [-0.2, 0) is 32.3 Å². The second-order valence-electron chi connectivity index (χ2n) is 16.3. The molecule has 1 saturated heterocycles. The van der Waals surface area contributed by atoms with Gasteiger partial charge in [0.25, 0.3) is 23.6 Å². The fourth-order valence-electron chi connectivity index (χ4n) is 8.47. The summed E-state index contributed by atoms with van der Waals surface area (Å²) in [4.78, 5) is 60.1. The molecule has 4 aromatic carbocycles. The van der Waals surface area contributed by atoms with E-state index in [0.29, 0.717) is 19.4 Å². The standard InChI is InChI=1S/C48H50N8O8/c1-29(31-13-17-36(18-14-31)53-25-22-49-28-53)51-45(61)41(57)43(59)47(63)54-26-35-6-3-7-38(39(35)27-54)33-9-11-34(12-10-33)40-8-4-23-55(40)48(64)44(60)42(58)46(62)52-30(2)32-15-19-37(20-16-32)56-24-5-21-50-56/h3,5-7,9-22,24-25,28-30,40-44,57-60H,4,8,23,26-27H2,1-2H3,(H,51,61)(H,52,62)/t29-,30-,40+,41+,42+,43+,44+/m0/s1. The fraction of sp³-hybridized carbons (Fsp3) is 0.292. The molecule has 0 bridgehead atoms. The minimum Gasteiger partial charge on any atom is -0.380 e. The van der Waals surface area contributed by atoms with E-state index in [0.717, 1.165) is 50.3 Å². The van der Waals surface area contributed by atoms with E-state index in [1.807, 2.05) is 114 Å². The van der Waals surface area contributed by atoms with Gasteiger partial charge >= 0.3 is 0 Å². The Hall–Kier alpha value is -6.98. The highest BCUT2D eigenvalue weighted by Crippen LogP contribution is 2.37. The first-order valence-corrected chi connectivity index (χ1v) is 21.2. The highest BCUT2D eigenvalue weighted by molar-refractivity contribution is 5.92. The van der Waals surface area contributed by atoms with Gasteiger partial charge in [-0.2, -0.15) is 5.10 Å². The van der Waals surface area contributed by atoms with E-state index in [9.17, 15) is 39.6 Å². The Labute approximate surface area is 369 Å². The number of carbonyl (C=O) groups excluding carboxylic acids is 4. The van der Waals surface area contributed by atoms with Gasteiger partial charge in [-0.1, -0.05) is 66.7 Å². The van der Waals surface area contributed by atoms with Gasteiger partial charge in [0.2, 0.25) is 0 Å². The highest BCUT2D eigenvalue weighted by atomic mass is 16.4. The zero-order valence-electron chi connectivity index (χ0n) is 35.3. The number of amides is 4. The number of imidazole rings is 1. The Bertz CT molecular complexity index is 2580.